The summed E-state index contributed by atoms with van der Waals surface area (Å²) in [6, 6.07) is 4.96. The van der Waals surface area contributed by atoms with Crippen LogP contribution in [-0.2, 0) is 0 Å². The Morgan fingerprint density at radius 3 is 2.57 bits per heavy atom. The molecule has 0 aliphatic carbocycles. The van der Waals surface area contributed by atoms with Crippen molar-refractivity contribution in [2.45, 2.75) is 13.3 Å². The van der Waals surface area contributed by atoms with Gasteiger partial charge < -0.3 is 14.6 Å². The maximum absolute atomic E-state index is 12.0. The highest BCUT2D eigenvalue weighted by molar-refractivity contribution is 5.60. The van der Waals surface area contributed by atoms with Crippen LogP contribution in [0.1, 0.15) is 11.5 Å². The van der Waals surface area contributed by atoms with Crippen LogP contribution >= 0.6 is 0 Å². The lowest BCUT2D eigenvalue weighted by Gasteiger charge is -2.09. The number of aryl methyl sites for hydroxylation is 1. The third-order valence-electron chi connectivity index (χ3n) is 2.61. The Bertz CT molecular complexity index is 723. The Hall–Kier alpha value is -3.04. The molecule has 122 valence electrons. The van der Waals surface area contributed by atoms with Gasteiger partial charge in [-0.1, -0.05) is 5.16 Å². The first kappa shape index (κ1) is 16.3. The van der Waals surface area contributed by atoms with Gasteiger partial charge in [0, 0.05) is 18.0 Å². The number of hydrogen-bond acceptors (Lipinski definition) is 6. The van der Waals surface area contributed by atoms with E-state index in [1.807, 2.05) is 0 Å². The lowest BCUT2D eigenvalue weighted by molar-refractivity contribution is -0.386. The predicted octanol–water partition coefficient (Wildman–Crippen LogP) is 3.87. The fraction of sp³-hybridized carbons (Fsp3) is 0.154. The van der Waals surface area contributed by atoms with E-state index in [0.29, 0.717) is 5.69 Å². The number of nitrogens with one attached hydrogen (secondary N) is 1. The number of nitrogens with zero attached hydrogens (tertiary/aromatic N) is 2. The van der Waals surface area contributed by atoms with E-state index in [1.54, 1.807) is 0 Å². The smallest absolute Gasteiger partial charge is 0.406 e. The minimum Gasteiger partial charge on any atom is -0.406 e. The summed E-state index contributed by atoms with van der Waals surface area (Å²) in [6.45, 7) is 1.44. The molecular formula is C13H10F3N3O4. The van der Waals surface area contributed by atoms with Crippen LogP contribution in [-0.4, -0.2) is 16.4 Å². The molecule has 0 aliphatic heterocycles. The van der Waals surface area contributed by atoms with Gasteiger partial charge in [-0.3, -0.25) is 10.1 Å². The fourth-order valence-electron chi connectivity index (χ4n) is 1.68. The van der Waals surface area contributed by atoms with E-state index < -0.39 is 11.3 Å². The Morgan fingerprint density at radius 2 is 2.00 bits per heavy atom. The Morgan fingerprint density at radius 1 is 1.35 bits per heavy atom. The molecule has 0 bridgehead atoms. The van der Waals surface area contributed by atoms with E-state index >= 15 is 0 Å². The maximum atomic E-state index is 12.0. The molecule has 10 heteroatoms. The third kappa shape index (κ3) is 4.46. The highest BCUT2D eigenvalue weighted by Crippen LogP contribution is 2.25. The first-order valence-corrected chi connectivity index (χ1v) is 6.16. The van der Waals surface area contributed by atoms with Gasteiger partial charge in [0.1, 0.15) is 5.75 Å². The minimum atomic E-state index is -4.75. The lowest BCUT2D eigenvalue weighted by Crippen LogP contribution is -2.16. The first-order valence-electron chi connectivity index (χ1n) is 6.16. The van der Waals surface area contributed by atoms with E-state index in [2.05, 4.69) is 15.2 Å². The molecule has 1 heterocycles. The van der Waals surface area contributed by atoms with Gasteiger partial charge in [-0.15, -0.1) is 13.2 Å². The number of rotatable bonds is 5. The van der Waals surface area contributed by atoms with Gasteiger partial charge in [-0.2, -0.15) is 0 Å². The van der Waals surface area contributed by atoms with Crippen LogP contribution < -0.4 is 10.1 Å². The maximum Gasteiger partial charge on any atom is 0.573 e. The average Bonchev–Trinajstić information content (AvgIpc) is 2.80. The molecule has 23 heavy (non-hydrogen) atoms. The second-order valence-electron chi connectivity index (χ2n) is 4.29. The predicted molar refractivity (Wildman–Crippen MR) is 73.7 cm³/mol. The summed E-state index contributed by atoms with van der Waals surface area (Å²) in [7, 11) is 0. The van der Waals surface area contributed by atoms with Crippen molar-refractivity contribution >= 4 is 17.5 Å². The normalized spacial score (nSPS) is 11.7. The fourth-order valence-corrected chi connectivity index (χ4v) is 1.68. The molecule has 2 rings (SSSR count). The molecule has 0 unspecified atom stereocenters. The van der Waals surface area contributed by atoms with E-state index in [4.69, 9.17) is 4.52 Å². The average molecular weight is 329 g/mol. The van der Waals surface area contributed by atoms with Crippen molar-refractivity contribution in [2.75, 3.05) is 5.32 Å². The Balaban J connectivity index is 2.02. The molecule has 0 spiro atoms. The van der Waals surface area contributed by atoms with Crippen LogP contribution in [0, 0.1) is 17.0 Å². The summed E-state index contributed by atoms with van der Waals surface area (Å²) in [5, 5.41) is 17.1. The summed E-state index contributed by atoms with van der Waals surface area (Å²) in [5.41, 5.74) is 0.343. The number of halogens is 3. The van der Waals surface area contributed by atoms with Gasteiger partial charge in [0.05, 0.1) is 4.92 Å². The third-order valence-corrected chi connectivity index (χ3v) is 2.61. The molecule has 1 aromatic heterocycles. The van der Waals surface area contributed by atoms with Crippen molar-refractivity contribution < 1.29 is 27.4 Å². The quantitative estimate of drug-likeness (QED) is 0.661. The number of ether oxygens (including phenoxy) is 1. The Kier molecular flexibility index (Phi) is 4.53. The SMILES string of the molecule is Cc1noc(C=CNc2ccc(OC(F)(F)F)cc2)c1[N+](=O)[O-]. The van der Waals surface area contributed by atoms with Crippen molar-refractivity contribution in [3.05, 3.63) is 52.0 Å². The van der Waals surface area contributed by atoms with E-state index in [0.717, 1.165) is 12.1 Å². The van der Waals surface area contributed by atoms with Crippen LogP contribution in [0.4, 0.5) is 24.5 Å². The zero-order chi connectivity index (χ0) is 17.0. The zero-order valence-electron chi connectivity index (χ0n) is 11.6. The topological polar surface area (TPSA) is 90.4 Å². The molecule has 0 radical (unpaired) electrons. The molecule has 0 aliphatic rings. The van der Waals surface area contributed by atoms with Crippen molar-refractivity contribution in [2.24, 2.45) is 0 Å². The molecule has 0 amide bonds. The van der Waals surface area contributed by atoms with Crippen LogP contribution in [0.5, 0.6) is 5.75 Å². The molecule has 0 saturated carbocycles. The van der Waals surface area contributed by atoms with E-state index in [9.17, 15) is 23.3 Å². The number of aromatic nitrogens is 1. The number of alkyl halides is 3. The highest BCUT2D eigenvalue weighted by atomic mass is 19.4. The van der Waals surface area contributed by atoms with Gasteiger partial charge >= 0.3 is 12.0 Å². The molecule has 7 nitrogen and oxygen atoms in total. The van der Waals surface area contributed by atoms with E-state index in [-0.39, 0.29) is 22.9 Å². The van der Waals surface area contributed by atoms with Gasteiger partial charge in [0.25, 0.3) is 0 Å². The minimum absolute atomic E-state index is 0.0444. The van der Waals surface area contributed by atoms with Crippen molar-refractivity contribution in [3.63, 3.8) is 0 Å². The summed E-state index contributed by atoms with van der Waals surface area (Å²) in [6.07, 6.45) is -2.12. The Labute approximate surface area is 127 Å². The van der Waals surface area contributed by atoms with Crippen LogP contribution in [0.2, 0.25) is 0 Å². The van der Waals surface area contributed by atoms with Gasteiger partial charge in [-0.05, 0) is 31.2 Å². The number of anilines is 1. The molecule has 0 saturated heterocycles. The van der Waals surface area contributed by atoms with Crippen molar-refractivity contribution in [3.8, 4) is 5.75 Å². The second-order valence-corrected chi connectivity index (χ2v) is 4.29. The molecule has 0 fully saturated rings. The highest BCUT2D eigenvalue weighted by Gasteiger charge is 2.30. The van der Waals surface area contributed by atoms with Gasteiger partial charge in [0.2, 0.25) is 5.76 Å². The zero-order valence-corrected chi connectivity index (χ0v) is 11.6. The van der Waals surface area contributed by atoms with Crippen molar-refractivity contribution in [1.82, 2.24) is 5.16 Å². The number of benzene rings is 1. The summed E-state index contributed by atoms with van der Waals surface area (Å²) < 4.78 is 44.6. The molecular weight excluding hydrogens is 319 g/mol. The lowest BCUT2D eigenvalue weighted by atomic mass is 10.3. The van der Waals surface area contributed by atoms with Crippen molar-refractivity contribution in [1.29, 1.82) is 0 Å². The molecule has 1 aromatic carbocycles. The van der Waals surface area contributed by atoms with Crippen LogP contribution in [0.15, 0.2) is 35.0 Å². The molecule has 1 N–H and O–H groups in total. The van der Waals surface area contributed by atoms with Gasteiger partial charge in [0.15, 0.2) is 5.69 Å². The number of hydrogen-bond donors (Lipinski definition) is 1. The monoisotopic (exact) mass is 329 g/mol. The first-order chi connectivity index (χ1) is 10.8. The standard InChI is InChI=1S/C13H10F3N3O4/c1-8-12(19(20)21)11(23-18-8)6-7-17-9-2-4-10(5-3-9)22-13(14,15)16/h2-7,17H,1H3. The summed E-state index contributed by atoms with van der Waals surface area (Å²) >= 11 is 0. The number of nitro groups is 1. The second kappa shape index (κ2) is 6.38. The van der Waals surface area contributed by atoms with Crippen LogP contribution in [0.3, 0.4) is 0 Å². The van der Waals surface area contributed by atoms with Crippen LogP contribution in [0.25, 0.3) is 6.08 Å². The van der Waals surface area contributed by atoms with Gasteiger partial charge in [-0.25, -0.2) is 0 Å². The molecule has 2 aromatic rings. The molecule has 0 atom stereocenters. The summed E-state index contributed by atoms with van der Waals surface area (Å²) in [4.78, 5) is 10.2. The van der Waals surface area contributed by atoms with E-state index in [1.165, 1.54) is 31.3 Å². The summed E-state index contributed by atoms with van der Waals surface area (Å²) in [5.74, 6) is -0.398. The largest absolute Gasteiger partial charge is 0.573 e.